The lowest BCUT2D eigenvalue weighted by Gasteiger charge is -2.35. The number of hydrogen-bond acceptors (Lipinski definition) is 2. The summed E-state index contributed by atoms with van der Waals surface area (Å²) in [6.45, 7) is 5.95. The number of benzene rings is 1. The quantitative estimate of drug-likeness (QED) is 0.769. The SMILES string of the molecule is CCCN(C=O)C(C)(C(=O)O)c1ccc(CC)cc1. The van der Waals surface area contributed by atoms with Crippen LogP contribution in [0.25, 0.3) is 0 Å². The Bertz CT molecular complexity index is 441. The molecule has 0 aliphatic rings. The molecule has 0 saturated heterocycles. The van der Waals surface area contributed by atoms with E-state index in [1.807, 2.05) is 26.0 Å². The summed E-state index contributed by atoms with van der Waals surface area (Å²) in [5, 5.41) is 9.54. The molecule has 1 N–H and O–H groups in total. The summed E-state index contributed by atoms with van der Waals surface area (Å²) in [6, 6.07) is 7.40. The molecule has 0 heterocycles. The highest BCUT2D eigenvalue weighted by atomic mass is 16.4. The van der Waals surface area contributed by atoms with Crippen molar-refractivity contribution in [2.24, 2.45) is 0 Å². The standard InChI is InChI=1S/C15H21NO3/c1-4-10-16(11-17)15(3,14(18)19)13-8-6-12(5-2)7-9-13/h6-9,11H,4-5,10H2,1-3H3,(H,18,19). The molecule has 0 aliphatic carbocycles. The third-order valence-electron chi connectivity index (χ3n) is 3.51. The molecule has 1 rings (SSSR count). The van der Waals surface area contributed by atoms with Crippen molar-refractivity contribution in [3.05, 3.63) is 35.4 Å². The van der Waals surface area contributed by atoms with Crippen LogP contribution in [0, 0.1) is 0 Å². The second-order valence-electron chi connectivity index (χ2n) is 4.73. The smallest absolute Gasteiger partial charge is 0.334 e. The molecule has 1 atom stereocenters. The summed E-state index contributed by atoms with van der Waals surface area (Å²) in [7, 11) is 0. The minimum atomic E-state index is -1.32. The molecule has 4 heteroatoms. The van der Waals surface area contributed by atoms with Crippen molar-refractivity contribution < 1.29 is 14.7 Å². The summed E-state index contributed by atoms with van der Waals surface area (Å²) in [4.78, 5) is 24.2. The Morgan fingerprint density at radius 3 is 2.26 bits per heavy atom. The summed E-state index contributed by atoms with van der Waals surface area (Å²) in [6.07, 6.45) is 2.23. The van der Waals surface area contributed by atoms with Crippen molar-refractivity contribution in [3.63, 3.8) is 0 Å². The second-order valence-corrected chi connectivity index (χ2v) is 4.73. The first kappa shape index (κ1) is 15.2. The van der Waals surface area contributed by atoms with Gasteiger partial charge in [0.2, 0.25) is 6.41 Å². The van der Waals surface area contributed by atoms with Crippen LogP contribution in [0.4, 0.5) is 0 Å². The molecule has 1 unspecified atom stereocenters. The zero-order valence-corrected chi connectivity index (χ0v) is 11.7. The minimum Gasteiger partial charge on any atom is -0.479 e. The first-order valence-electron chi connectivity index (χ1n) is 6.55. The van der Waals surface area contributed by atoms with Gasteiger partial charge in [-0.2, -0.15) is 0 Å². The monoisotopic (exact) mass is 263 g/mol. The van der Waals surface area contributed by atoms with Crippen molar-refractivity contribution in [1.82, 2.24) is 4.90 Å². The van der Waals surface area contributed by atoms with E-state index in [-0.39, 0.29) is 0 Å². The maximum absolute atomic E-state index is 11.7. The number of aliphatic carboxylic acids is 1. The third kappa shape index (κ3) is 2.95. The van der Waals surface area contributed by atoms with Gasteiger partial charge in [-0.05, 0) is 30.9 Å². The molecular formula is C15H21NO3. The van der Waals surface area contributed by atoms with Crippen LogP contribution in [0.1, 0.15) is 38.3 Å². The van der Waals surface area contributed by atoms with Crippen molar-refractivity contribution in [3.8, 4) is 0 Å². The Morgan fingerprint density at radius 1 is 1.32 bits per heavy atom. The van der Waals surface area contributed by atoms with Crippen molar-refractivity contribution in [2.45, 2.75) is 39.2 Å². The molecule has 1 aromatic rings. The molecule has 1 amide bonds. The number of hydrogen-bond donors (Lipinski definition) is 1. The summed E-state index contributed by atoms with van der Waals surface area (Å²) >= 11 is 0. The Hall–Kier alpha value is -1.84. The lowest BCUT2D eigenvalue weighted by Crippen LogP contribution is -2.49. The maximum Gasteiger partial charge on any atom is 0.334 e. The second kappa shape index (κ2) is 6.36. The highest BCUT2D eigenvalue weighted by molar-refractivity contribution is 5.82. The number of aryl methyl sites for hydroxylation is 1. The lowest BCUT2D eigenvalue weighted by molar-refractivity contribution is -0.154. The van der Waals surface area contributed by atoms with Crippen molar-refractivity contribution in [2.75, 3.05) is 6.54 Å². The molecule has 0 fully saturated rings. The van der Waals surface area contributed by atoms with E-state index in [4.69, 9.17) is 0 Å². The van der Waals surface area contributed by atoms with Crippen molar-refractivity contribution in [1.29, 1.82) is 0 Å². The number of carbonyl (C=O) groups excluding carboxylic acids is 1. The number of carbonyl (C=O) groups is 2. The first-order chi connectivity index (χ1) is 9.00. The van der Waals surface area contributed by atoms with Crippen LogP contribution in [0.2, 0.25) is 0 Å². The average molecular weight is 263 g/mol. The van der Waals surface area contributed by atoms with Gasteiger partial charge >= 0.3 is 5.97 Å². The molecule has 0 radical (unpaired) electrons. The van der Waals surface area contributed by atoms with Gasteiger partial charge < -0.3 is 10.0 Å². The van der Waals surface area contributed by atoms with Crippen molar-refractivity contribution >= 4 is 12.4 Å². The fourth-order valence-electron chi connectivity index (χ4n) is 2.10. The fraction of sp³-hybridized carbons (Fsp3) is 0.467. The summed E-state index contributed by atoms with van der Waals surface area (Å²) < 4.78 is 0. The van der Waals surface area contributed by atoms with Crippen LogP contribution in [0.3, 0.4) is 0 Å². The van der Waals surface area contributed by atoms with Crippen LogP contribution in [0.15, 0.2) is 24.3 Å². The lowest BCUT2D eigenvalue weighted by atomic mass is 9.89. The van der Waals surface area contributed by atoms with E-state index in [0.29, 0.717) is 24.9 Å². The fourth-order valence-corrected chi connectivity index (χ4v) is 2.10. The van der Waals surface area contributed by atoms with Gasteiger partial charge in [0, 0.05) is 6.54 Å². The predicted octanol–water partition coefficient (Wildman–Crippen LogP) is 2.42. The number of carboxylic acid groups (broad SMARTS) is 1. The van der Waals surface area contributed by atoms with Gasteiger partial charge in [0.05, 0.1) is 0 Å². The van der Waals surface area contributed by atoms with Gasteiger partial charge in [0.1, 0.15) is 0 Å². The molecule has 0 spiro atoms. The van der Waals surface area contributed by atoms with E-state index in [2.05, 4.69) is 0 Å². The average Bonchev–Trinajstić information content (AvgIpc) is 2.43. The van der Waals surface area contributed by atoms with E-state index in [1.54, 1.807) is 19.1 Å². The number of nitrogens with zero attached hydrogens (tertiary/aromatic N) is 1. The highest BCUT2D eigenvalue weighted by Gasteiger charge is 2.40. The number of carboxylic acids is 1. The van der Waals surface area contributed by atoms with Gasteiger partial charge in [-0.3, -0.25) is 4.79 Å². The minimum absolute atomic E-state index is 0.418. The van der Waals surface area contributed by atoms with Crippen LogP contribution in [0.5, 0.6) is 0 Å². The Kier molecular flexibility index (Phi) is 5.10. The predicted molar refractivity (Wildman–Crippen MR) is 73.9 cm³/mol. The summed E-state index contributed by atoms with van der Waals surface area (Å²) in [5.74, 6) is -1.02. The normalized spacial score (nSPS) is 13.6. The summed E-state index contributed by atoms with van der Waals surface area (Å²) in [5.41, 5.74) is 0.451. The largest absolute Gasteiger partial charge is 0.479 e. The molecule has 0 aliphatic heterocycles. The van der Waals surface area contributed by atoms with Gasteiger partial charge in [-0.1, -0.05) is 38.1 Å². The molecule has 0 bridgehead atoms. The zero-order valence-electron chi connectivity index (χ0n) is 11.7. The van der Waals surface area contributed by atoms with E-state index in [1.165, 1.54) is 4.90 Å². The molecule has 0 aromatic heterocycles. The molecule has 19 heavy (non-hydrogen) atoms. The Labute approximate surface area is 114 Å². The van der Waals surface area contributed by atoms with Gasteiger partial charge in [0.15, 0.2) is 5.54 Å². The first-order valence-corrected chi connectivity index (χ1v) is 6.55. The Balaban J connectivity index is 3.23. The molecule has 1 aromatic carbocycles. The molecule has 4 nitrogen and oxygen atoms in total. The van der Waals surface area contributed by atoms with Gasteiger partial charge in [-0.15, -0.1) is 0 Å². The van der Waals surface area contributed by atoms with Crippen LogP contribution in [-0.4, -0.2) is 28.9 Å². The van der Waals surface area contributed by atoms with Crippen LogP contribution in [-0.2, 0) is 21.5 Å². The zero-order chi connectivity index (χ0) is 14.5. The van der Waals surface area contributed by atoms with E-state index >= 15 is 0 Å². The van der Waals surface area contributed by atoms with Crippen LogP contribution < -0.4 is 0 Å². The molecule has 0 saturated carbocycles. The van der Waals surface area contributed by atoms with E-state index in [9.17, 15) is 14.7 Å². The molecular weight excluding hydrogens is 242 g/mol. The van der Waals surface area contributed by atoms with E-state index < -0.39 is 11.5 Å². The van der Waals surface area contributed by atoms with E-state index in [0.717, 1.165) is 12.0 Å². The topological polar surface area (TPSA) is 57.6 Å². The number of amides is 1. The number of rotatable bonds is 7. The maximum atomic E-state index is 11.7. The molecule has 104 valence electrons. The van der Waals surface area contributed by atoms with Gasteiger partial charge in [-0.25, -0.2) is 4.79 Å². The van der Waals surface area contributed by atoms with Gasteiger partial charge in [0.25, 0.3) is 0 Å². The van der Waals surface area contributed by atoms with Crippen LogP contribution >= 0.6 is 0 Å². The Morgan fingerprint density at radius 2 is 1.89 bits per heavy atom. The third-order valence-corrected chi connectivity index (χ3v) is 3.51. The highest BCUT2D eigenvalue weighted by Crippen LogP contribution is 2.28.